The highest BCUT2D eigenvalue weighted by Crippen LogP contribution is 2.39. The number of carbonyl (C=O) groups excluding carboxylic acids is 1. The highest BCUT2D eigenvalue weighted by Gasteiger charge is 2.30. The van der Waals surface area contributed by atoms with E-state index in [1.807, 2.05) is 66.5 Å². The third-order valence-corrected chi connectivity index (χ3v) is 8.53. The van der Waals surface area contributed by atoms with Gasteiger partial charge in [-0.25, -0.2) is 0 Å². The minimum Gasteiger partial charge on any atom is -0.492 e. The van der Waals surface area contributed by atoms with E-state index in [0.717, 1.165) is 51.6 Å². The van der Waals surface area contributed by atoms with Crippen molar-refractivity contribution in [1.82, 2.24) is 9.80 Å². The first kappa shape index (κ1) is 41.7. The number of Topliss-reactive ketones (excluding diaryl/α,β-unsaturated/α-hetero) is 1. The number of carboxylic acids is 1. The topological polar surface area (TPSA) is 97.8 Å². The Bertz CT molecular complexity index is 1830. The molecule has 4 aromatic rings. The van der Waals surface area contributed by atoms with Crippen LogP contribution >= 0.6 is 0 Å². The molecule has 1 N–H and O–H groups in total. The summed E-state index contributed by atoms with van der Waals surface area (Å²) in [4.78, 5) is 25.6. The van der Waals surface area contributed by atoms with Crippen molar-refractivity contribution in [2.75, 3.05) is 53.7 Å². The van der Waals surface area contributed by atoms with Gasteiger partial charge in [0.05, 0.1) is 18.7 Å². The Morgan fingerprint density at radius 1 is 0.815 bits per heavy atom. The average molecular weight is 751 g/mol. The molecule has 12 heteroatoms. The summed E-state index contributed by atoms with van der Waals surface area (Å²) < 4.78 is 60.9. The first-order valence-corrected chi connectivity index (χ1v) is 17.6. The zero-order valence-electron chi connectivity index (χ0n) is 31.6. The van der Waals surface area contributed by atoms with Crippen LogP contribution in [-0.2, 0) is 21.2 Å². The van der Waals surface area contributed by atoms with E-state index in [0.29, 0.717) is 38.4 Å². The van der Waals surface area contributed by atoms with Crippen molar-refractivity contribution in [3.8, 4) is 34.1 Å². The van der Waals surface area contributed by atoms with Crippen LogP contribution in [0, 0.1) is 0 Å². The largest absolute Gasteiger partial charge is 0.492 e. The van der Waals surface area contributed by atoms with E-state index < -0.39 is 23.8 Å². The van der Waals surface area contributed by atoms with Gasteiger partial charge in [0.2, 0.25) is 6.79 Å². The van der Waals surface area contributed by atoms with Crippen LogP contribution in [0.5, 0.6) is 23.0 Å². The van der Waals surface area contributed by atoms with Crippen LogP contribution in [0.1, 0.15) is 56.9 Å². The van der Waals surface area contributed by atoms with Crippen molar-refractivity contribution < 1.29 is 46.8 Å². The number of ether oxygens (including phenoxy) is 4. The minimum atomic E-state index is -4.39. The van der Waals surface area contributed by atoms with Crippen LogP contribution in [0.25, 0.3) is 11.1 Å². The van der Waals surface area contributed by atoms with Gasteiger partial charge in [-0.2, -0.15) is 13.2 Å². The monoisotopic (exact) mass is 750 g/mol. The van der Waals surface area contributed by atoms with Crippen LogP contribution < -0.4 is 18.9 Å². The highest BCUT2D eigenvalue weighted by atomic mass is 19.4. The number of nitrogens with zero attached hydrogens (tertiary/aromatic N) is 2. The number of ketones is 1. The van der Waals surface area contributed by atoms with E-state index in [2.05, 4.69) is 32.9 Å². The number of hydrogen-bond acceptors (Lipinski definition) is 8. The van der Waals surface area contributed by atoms with Gasteiger partial charge in [0.1, 0.15) is 30.0 Å². The van der Waals surface area contributed by atoms with Crippen LogP contribution in [0.4, 0.5) is 13.2 Å². The summed E-state index contributed by atoms with van der Waals surface area (Å²) in [5.41, 5.74) is 3.43. The van der Waals surface area contributed by atoms with E-state index in [9.17, 15) is 22.8 Å². The summed E-state index contributed by atoms with van der Waals surface area (Å²) in [5.74, 6) is 2.01. The van der Waals surface area contributed by atoms with E-state index in [1.54, 1.807) is 18.9 Å². The molecule has 0 unspecified atom stereocenters. The lowest BCUT2D eigenvalue weighted by Gasteiger charge is -2.24. The maximum atomic E-state index is 12.7. The summed E-state index contributed by atoms with van der Waals surface area (Å²) in [7, 11) is 3.62. The predicted molar refractivity (Wildman–Crippen MR) is 201 cm³/mol. The normalized spacial score (nSPS) is 12.9. The fourth-order valence-corrected chi connectivity index (χ4v) is 5.76. The molecule has 1 atom stereocenters. The molecule has 1 aliphatic heterocycles. The standard InChI is InChI=1S/C23H29NO4.C19H20F3NO3/c1-16(25)14-24(5)10-11-26-20-8-6-17(12-19(20)23(2,3)4)18-7-9-21-22(13-18)28-15-27-21;1-23(13-18(24)25)12-11-17(14-5-3-2-4-6-14)26-16-9-7-15(8-10-16)19(20,21)22/h6-9,12-13H,10-11,14-15H2,1-5H3;2-10,17H,11-13H2,1H3,(H,24,25)/t;17-/m.1/s1. The van der Waals surface area contributed by atoms with Gasteiger partial charge in [0.15, 0.2) is 11.5 Å². The van der Waals surface area contributed by atoms with E-state index in [-0.39, 0.29) is 24.5 Å². The van der Waals surface area contributed by atoms with Crippen molar-refractivity contribution in [2.45, 2.75) is 51.8 Å². The summed E-state index contributed by atoms with van der Waals surface area (Å²) in [5, 5.41) is 8.83. The molecule has 0 radical (unpaired) electrons. The van der Waals surface area contributed by atoms with Gasteiger partial charge in [-0.05, 0) is 91.7 Å². The Morgan fingerprint density at radius 2 is 1.44 bits per heavy atom. The van der Waals surface area contributed by atoms with E-state index in [1.165, 1.54) is 12.1 Å². The lowest BCUT2D eigenvalue weighted by atomic mass is 9.84. The number of aliphatic carboxylic acids is 1. The van der Waals surface area contributed by atoms with Crippen LogP contribution in [0.3, 0.4) is 0 Å². The van der Waals surface area contributed by atoms with Gasteiger partial charge in [-0.1, -0.05) is 63.2 Å². The van der Waals surface area contributed by atoms with Crippen LogP contribution in [-0.4, -0.2) is 80.3 Å². The zero-order chi connectivity index (χ0) is 39.5. The van der Waals surface area contributed by atoms with Crippen molar-refractivity contribution in [2.24, 2.45) is 0 Å². The zero-order valence-corrected chi connectivity index (χ0v) is 31.6. The summed E-state index contributed by atoms with van der Waals surface area (Å²) >= 11 is 0. The average Bonchev–Trinajstić information content (AvgIpc) is 3.58. The molecule has 0 spiro atoms. The van der Waals surface area contributed by atoms with E-state index >= 15 is 0 Å². The number of carboxylic acid groups (broad SMARTS) is 1. The third-order valence-electron chi connectivity index (χ3n) is 8.53. The first-order valence-electron chi connectivity index (χ1n) is 17.6. The number of hydrogen-bond donors (Lipinski definition) is 1. The van der Waals surface area contributed by atoms with Gasteiger partial charge in [-0.3, -0.25) is 19.4 Å². The maximum absolute atomic E-state index is 12.7. The third kappa shape index (κ3) is 12.8. The molecule has 5 rings (SSSR count). The quantitative estimate of drug-likeness (QED) is 0.128. The number of carbonyl (C=O) groups is 2. The van der Waals surface area contributed by atoms with Crippen molar-refractivity contribution in [3.63, 3.8) is 0 Å². The number of benzene rings is 4. The maximum Gasteiger partial charge on any atom is 0.416 e. The fourth-order valence-electron chi connectivity index (χ4n) is 5.76. The molecule has 290 valence electrons. The predicted octanol–water partition coefficient (Wildman–Crippen LogP) is 8.51. The Hall–Kier alpha value is -5.07. The Morgan fingerprint density at radius 3 is 2.07 bits per heavy atom. The van der Waals surface area contributed by atoms with Crippen LogP contribution in [0.2, 0.25) is 0 Å². The highest BCUT2D eigenvalue weighted by molar-refractivity contribution is 5.77. The molecule has 0 bridgehead atoms. The molecule has 0 saturated carbocycles. The van der Waals surface area contributed by atoms with Gasteiger partial charge in [0.25, 0.3) is 0 Å². The second-order valence-electron chi connectivity index (χ2n) is 14.3. The number of rotatable bonds is 15. The molecule has 0 saturated heterocycles. The number of likely N-dealkylation sites (N-methyl/N-ethyl adjacent to an activating group) is 2. The Balaban J connectivity index is 0.000000241. The number of alkyl halides is 3. The molecule has 9 nitrogen and oxygen atoms in total. The number of halogens is 3. The molecule has 0 fully saturated rings. The minimum absolute atomic E-state index is 0.0625. The molecule has 0 aromatic heterocycles. The molecule has 0 amide bonds. The molecule has 1 aliphatic rings. The molecule has 0 aliphatic carbocycles. The van der Waals surface area contributed by atoms with E-state index in [4.69, 9.17) is 24.1 Å². The van der Waals surface area contributed by atoms with Crippen molar-refractivity contribution in [1.29, 1.82) is 0 Å². The molecule has 1 heterocycles. The smallest absolute Gasteiger partial charge is 0.416 e. The summed E-state index contributed by atoms with van der Waals surface area (Å²) in [6.07, 6.45) is -4.30. The second-order valence-corrected chi connectivity index (χ2v) is 14.3. The van der Waals surface area contributed by atoms with Crippen molar-refractivity contribution in [3.05, 3.63) is 108 Å². The number of fused-ring (bicyclic) bond motifs is 1. The molecule has 54 heavy (non-hydrogen) atoms. The Kier molecular flexibility index (Phi) is 14.5. The van der Waals surface area contributed by atoms with Crippen LogP contribution in [0.15, 0.2) is 91.0 Å². The summed E-state index contributed by atoms with van der Waals surface area (Å²) in [6, 6.07) is 26.1. The fraction of sp³-hybridized carbons (Fsp3) is 0.381. The second kappa shape index (κ2) is 18.8. The SMILES string of the molecule is CC(=O)CN(C)CCOc1ccc(-c2ccc3c(c2)OCO3)cc1C(C)(C)C.CN(CC[C@@H](Oc1ccc(C(F)(F)F)cc1)c1ccccc1)CC(=O)O. The lowest BCUT2D eigenvalue weighted by Crippen LogP contribution is -2.29. The van der Waals surface area contributed by atoms with Gasteiger partial charge < -0.3 is 24.1 Å². The molecular formula is C42H49F3N2O7. The summed E-state index contributed by atoms with van der Waals surface area (Å²) in [6.45, 7) is 10.5. The lowest BCUT2D eigenvalue weighted by molar-refractivity contribution is -0.138. The molecular weight excluding hydrogens is 701 g/mol. The van der Waals surface area contributed by atoms with Gasteiger partial charge in [-0.15, -0.1) is 0 Å². The van der Waals surface area contributed by atoms with Gasteiger partial charge in [0, 0.05) is 25.1 Å². The van der Waals surface area contributed by atoms with Gasteiger partial charge >= 0.3 is 12.1 Å². The first-order chi connectivity index (χ1) is 25.5. The van der Waals surface area contributed by atoms with Crippen molar-refractivity contribution >= 4 is 11.8 Å². The Labute approximate surface area is 315 Å². The molecule has 4 aromatic carbocycles.